The van der Waals surface area contributed by atoms with Gasteiger partial charge < -0.3 is 24.4 Å². The largest absolute Gasteiger partial charge is 0.379 e. The summed E-state index contributed by atoms with van der Waals surface area (Å²) >= 11 is 0. The number of nitrogens with zero attached hydrogens (tertiary/aromatic N) is 3. The van der Waals surface area contributed by atoms with Crippen LogP contribution in [0.1, 0.15) is 30.9 Å². The van der Waals surface area contributed by atoms with E-state index in [1.165, 1.54) is 11.1 Å². The fourth-order valence-corrected chi connectivity index (χ4v) is 4.42. The Morgan fingerprint density at radius 3 is 2.70 bits per heavy atom. The quantitative estimate of drug-likeness (QED) is 0.564. The van der Waals surface area contributed by atoms with Crippen molar-refractivity contribution in [3.8, 4) is 0 Å². The molecule has 7 heteroatoms. The molecule has 1 aromatic carbocycles. The molecule has 0 spiro atoms. The van der Waals surface area contributed by atoms with Crippen LogP contribution in [0.15, 0.2) is 29.3 Å². The first-order valence-electron chi connectivity index (χ1n) is 11.5. The number of guanidine groups is 1. The second-order valence-corrected chi connectivity index (χ2v) is 8.29. The summed E-state index contributed by atoms with van der Waals surface area (Å²) in [7, 11) is 0. The van der Waals surface area contributed by atoms with Gasteiger partial charge in [-0.15, -0.1) is 0 Å². The second-order valence-electron chi connectivity index (χ2n) is 8.29. The zero-order valence-electron chi connectivity index (χ0n) is 18.2. The Bertz CT molecular complexity index is 687. The van der Waals surface area contributed by atoms with Crippen molar-refractivity contribution in [2.75, 3.05) is 59.2 Å². The van der Waals surface area contributed by atoms with Gasteiger partial charge >= 0.3 is 0 Å². The van der Waals surface area contributed by atoms with Gasteiger partial charge in [-0.25, -0.2) is 4.99 Å². The molecular weight excluding hydrogens is 380 g/mol. The van der Waals surface area contributed by atoms with Crippen LogP contribution in [0.5, 0.6) is 0 Å². The Balaban J connectivity index is 1.37. The van der Waals surface area contributed by atoms with Gasteiger partial charge in [0, 0.05) is 45.9 Å². The van der Waals surface area contributed by atoms with Crippen LogP contribution in [0.4, 0.5) is 0 Å². The summed E-state index contributed by atoms with van der Waals surface area (Å²) in [5, 5.41) is 3.47. The molecular formula is C23H36N4O3. The number of benzene rings is 1. The number of hydrogen-bond donors (Lipinski definition) is 1. The maximum Gasteiger partial charge on any atom is 0.194 e. The first-order valence-corrected chi connectivity index (χ1v) is 11.5. The van der Waals surface area contributed by atoms with E-state index >= 15 is 0 Å². The lowest BCUT2D eigenvalue weighted by Gasteiger charge is -2.37. The third-order valence-electron chi connectivity index (χ3n) is 6.02. The van der Waals surface area contributed by atoms with Crippen molar-refractivity contribution in [3.63, 3.8) is 0 Å². The molecule has 7 nitrogen and oxygen atoms in total. The van der Waals surface area contributed by atoms with E-state index in [9.17, 15) is 0 Å². The van der Waals surface area contributed by atoms with E-state index in [1.54, 1.807) is 0 Å². The minimum Gasteiger partial charge on any atom is -0.379 e. The van der Waals surface area contributed by atoms with Crippen LogP contribution in [0.3, 0.4) is 0 Å². The molecule has 0 amide bonds. The molecule has 166 valence electrons. The lowest BCUT2D eigenvalue weighted by molar-refractivity contribution is -0.0817. The van der Waals surface area contributed by atoms with Crippen LogP contribution in [-0.4, -0.2) is 87.1 Å². The predicted octanol–water partition coefficient (Wildman–Crippen LogP) is 1.86. The summed E-state index contributed by atoms with van der Waals surface area (Å²) in [6, 6.07) is 8.82. The smallest absolute Gasteiger partial charge is 0.194 e. The molecule has 0 bridgehead atoms. The van der Waals surface area contributed by atoms with E-state index in [1.807, 2.05) is 0 Å². The van der Waals surface area contributed by atoms with Crippen LogP contribution >= 0.6 is 0 Å². The van der Waals surface area contributed by atoms with Crippen molar-refractivity contribution in [1.82, 2.24) is 15.1 Å². The highest BCUT2D eigenvalue weighted by Gasteiger charge is 2.32. The topological polar surface area (TPSA) is 58.6 Å². The van der Waals surface area contributed by atoms with Crippen LogP contribution in [0, 0.1) is 0 Å². The first-order chi connectivity index (χ1) is 14.8. The Morgan fingerprint density at radius 1 is 1.07 bits per heavy atom. The minimum atomic E-state index is 0.141. The summed E-state index contributed by atoms with van der Waals surface area (Å²) < 4.78 is 17.3. The SMILES string of the molecule is CCNC(=NCc1cccc(CN2CCOCC2)c1)N1CCOC(C2CCCO2)C1. The molecule has 0 aromatic heterocycles. The molecule has 0 saturated carbocycles. The van der Waals surface area contributed by atoms with Gasteiger partial charge in [0.2, 0.25) is 0 Å². The molecule has 3 heterocycles. The molecule has 0 aliphatic carbocycles. The molecule has 2 unspecified atom stereocenters. The highest BCUT2D eigenvalue weighted by atomic mass is 16.5. The molecule has 1 N–H and O–H groups in total. The summed E-state index contributed by atoms with van der Waals surface area (Å²) in [6.45, 7) is 11.6. The molecule has 2 atom stereocenters. The van der Waals surface area contributed by atoms with Gasteiger partial charge in [0.05, 0.1) is 32.5 Å². The lowest BCUT2D eigenvalue weighted by Crippen LogP contribution is -2.53. The number of aliphatic imine (C=N–C) groups is 1. The van der Waals surface area contributed by atoms with Crippen LogP contribution < -0.4 is 5.32 Å². The number of rotatable bonds is 6. The van der Waals surface area contributed by atoms with E-state index in [2.05, 4.69) is 46.3 Å². The van der Waals surface area contributed by atoms with Crippen molar-refractivity contribution in [2.45, 2.75) is 45.1 Å². The van der Waals surface area contributed by atoms with E-state index in [4.69, 9.17) is 19.2 Å². The van der Waals surface area contributed by atoms with E-state index < -0.39 is 0 Å². The number of morpholine rings is 2. The maximum atomic E-state index is 6.01. The number of hydrogen-bond acceptors (Lipinski definition) is 5. The summed E-state index contributed by atoms with van der Waals surface area (Å²) in [6.07, 6.45) is 2.61. The maximum absolute atomic E-state index is 6.01. The molecule has 3 fully saturated rings. The van der Waals surface area contributed by atoms with Crippen molar-refractivity contribution in [1.29, 1.82) is 0 Å². The summed E-state index contributed by atoms with van der Waals surface area (Å²) in [5.41, 5.74) is 2.60. The third-order valence-corrected chi connectivity index (χ3v) is 6.02. The third kappa shape index (κ3) is 5.94. The van der Waals surface area contributed by atoms with E-state index in [0.29, 0.717) is 6.54 Å². The van der Waals surface area contributed by atoms with Gasteiger partial charge in [0.1, 0.15) is 6.10 Å². The van der Waals surface area contributed by atoms with Gasteiger partial charge in [-0.05, 0) is 30.9 Å². The Hall–Kier alpha value is -1.67. The number of nitrogens with one attached hydrogen (secondary N) is 1. The fraction of sp³-hybridized carbons (Fsp3) is 0.696. The fourth-order valence-electron chi connectivity index (χ4n) is 4.42. The molecule has 3 aliphatic heterocycles. The van der Waals surface area contributed by atoms with Crippen molar-refractivity contribution in [2.24, 2.45) is 4.99 Å². The van der Waals surface area contributed by atoms with Crippen LogP contribution in [0.2, 0.25) is 0 Å². The average molecular weight is 417 g/mol. The van der Waals surface area contributed by atoms with Crippen LogP contribution in [0.25, 0.3) is 0 Å². The molecule has 1 aromatic rings. The molecule has 3 saturated heterocycles. The van der Waals surface area contributed by atoms with Gasteiger partial charge in [-0.3, -0.25) is 4.90 Å². The average Bonchev–Trinajstić information content (AvgIpc) is 3.33. The standard InChI is InChI=1S/C23H36N4O3/c1-2-24-23(27-10-14-30-22(18-27)21-7-4-11-29-21)25-16-19-5-3-6-20(15-19)17-26-8-12-28-13-9-26/h3,5-6,15,21-22H,2,4,7-14,16-18H2,1H3,(H,24,25). The second kappa shape index (κ2) is 11.1. The Kier molecular flexibility index (Phi) is 7.97. The van der Waals surface area contributed by atoms with Crippen molar-refractivity contribution < 1.29 is 14.2 Å². The zero-order chi connectivity index (χ0) is 20.6. The van der Waals surface area contributed by atoms with E-state index in [-0.39, 0.29) is 12.2 Å². The van der Waals surface area contributed by atoms with Crippen molar-refractivity contribution in [3.05, 3.63) is 35.4 Å². The molecule has 30 heavy (non-hydrogen) atoms. The van der Waals surface area contributed by atoms with Gasteiger partial charge in [0.25, 0.3) is 0 Å². The van der Waals surface area contributed by atoms with Gasteiger partial charge in [-0.1, -0.05) is 24.3 Å². The minimum absolute atomic E-state index is 0.141. The lowest BCUT2D eigenvalue weighted by atomic mass is 10.1. The Labute approximate surface area is 180 Å². The summed E-state index contributed by atoms with van der Waals surface area (Å²) in [5.74, 6) is 0.974. The molecule has 4 rings (SSSR count). The highest BCUT2D eigenvalue weighted by molar-refractivity contribution is 5.80. The zero-order valence-corrected chi connectivity index (χ0v) is 18.2. The molecule has 3 aliphatic rings. The summed E-state index contributed by atoms with van der Waals surface area (Å²) in [4.78, 5) is 9.74. The van der Waals surface area contributed by atoms with Crippen molar-refractivity contribution >= 4 is 5.96 Å². The molecule has 0 radical (unpaired) electrons. The highest BCUT2D eigenvalue weighted by Crippen LogP contribution is 2.21. The monoisotopic (exact) mass is 416 g/mol. The first kappa shape index (κ1) is 21.6. The van der Waals surface area contributed by atoms with Gasteiger partial charge in [0.15, 0.2) is 5.96 Å². The predicted molar refractivity (Wildman–Crippen MR) is 118 cm³/mol. The Morgan fingerprint density at radius 2 is 1.90 bits per heavy atom. The normalized spacial score (nSPS) is 26.2. The van der Waals surface area contributed by atoms with E-state index in [0.717, 1.165) is 84.5 Å². The van der Waals surface area contributed by atoms with Crippen LogP contribution in [-0.2, 0) is 27.3 Å². The van der Waals surface area contributed by atoms with Gasteiger partial charge in [-0.2, -0.15) is 0 Å². The number of ether oxygens (including phenoxy) is 3.